The highest BCUT2D eigenvalue weighted by molar-refractivity contribution is 5.70. The third-order valence-electron chi connectivity index (χ3n) is 5.00. The zero-order valence-corrected chi connectivity index (χ0v) is 10.3. The molecule has 17 heavy (non-hydrogen) atoms. The third-order valence-corrected chi connectivity index (χ3v) is 5.00. The molecule has 0 spiro atoms. The quantitative estimate of drug-likeness (QED) is 0.769. The molecule has 2 saturated carbocycles. The minimum absolute atomic E-state index is 0.0968. The maximum absolute atomic E-state index is 11.6. The summed E-state index contributed by atoms with van der Waals surface area (Å²) in [4.78, 5) is 11.6. The second-order valence-corrected chi connectivity index (χ2v) is 6.05. The summed E-state index contributed by atoms with van der Waals surface area (Å²) in [5, 5.41) is 9.54. The van der Waals surface area contributed by atoms with Crippen LogP contribution in [0, 0.1) is 17.8 Å². The number of carboxylic acid groups (broad SMARTS) is 1. The molecule has 0 bridgehead atoms. The lowest BCUT2D eigenvalue weighted by molar-refractivity contribution is -0.147. The monoisotopic (exact) mass is 238 g/mol. The van der Waals surface area contributed by atoms with Crippen LogP contribution in [0.25, 0.3) is 0 Å². The number of carboxylic acids is 1. The van der Waals surface area contributed by atoms with Gasteiger partial charge in [0.1, 0.15) is 0 Å². The molecular weight excluding hydrogens is 216 g/mol. The molecule has 3 rings (SSSR count). The maximum atomic E-state index is 11.6. The number of fused-ring (bicyclic) bond motifs is 1. The highest BCUT2D eigenvalue weighted by Crippen LogP contribution is 2.46. The van der Waals surface area contributed by atoms with Crippen molar-refractivity contribution in [3.63, 3.8) is 0 Å². The Kier molecular flexibility index (Phi) is 3.12. The van der Waals surface area contributed by atoms with Crippen LogP contribution in [0.5, 0.6) is 0 Å². The number of aliphatic carboxylic acids is 1. The fraction of sp³-hybridized carbons (Fsp3) is 0.929. The molecule has 4 unspecified atom stereocenters. The second-order valence-electron chi connectivity index (χ2n) is 6.05. The fourth-order valence-electron chi connectivity index (χ4n) is 4.04. The van der Waals surface area contributed by atoms with Gasteiger partial charge in [0, 0.05) is 0 Å². The van der Waals surface area contributed by atoms with E-state index in [1.165, 1.54) is 19.3 Å². The van der Waals surface area contributed by atoms with E-state index in [4.69, 9.17) is 4.74 Å². The molecule has 0 amide bonds. The average Bonchev–Trinajstić information content (AvgIpc) is 3.08. The van der Waals surface area contributed by atoms with Gasteiger partial charge in [-0.05, 0) is 43.9 Å². The van der Waals surface area contributed by atoms with E-state index in [-0.39, 0.29) is 5.92 Å². The van der Waals surface area contributed by atoms with E-state index < -0.39 is 5.97 Å². The Labute approximate surface area is 103 Å². The van der Waals surface area contributed by atoms with Crippen LogP contribution in [0.3, 0.4) is 0 Å². The Morgan fingerprint density at radius 3 is 2.41 bits per heavy atom. The first-order chi connectivity index (χ1) is 8.25. The number of hydrogen-bond donors (Lipinski definition) is 1. The number of rotatable bonds is 3. The molecular formula is C14H22O3. The van der Waals surface area contributed by atoms with Gasteiger partial charge in [0.05, 0.1) is 18.1 Å². The molecule has 3 fully saturated rings. The summed E-state index contributed by atoms with van der Waals surface area (Å²) in [6.07, 6.45) is 10.0. The first-order valence-electron chi connectivity index (χ1n) is 7.14. The van der Waals surface area contributed by atoms with E-state index in [0.717, 1.165) is 32.1 Å². The molecule has 3 heteroatoms. The molecule has 1 heterocycles. The highest BCUT2D eigenvalue weighted by atomic mass is 16.6. The Hall–Kier alpha value is -0.570. The molecule has 4 atom stereocenters. The van der Waals surface area contributed by atoms with Gasteiger partial charge in [-0.3, -0.25) is 4.79 Å². The molecule has 2 aliphatic carbocycles. The van der Waals surface area contributed by atoms with Crippen LogP contribution < -0.4 is 0 Å². The predicted molar refractivity (Wildman–Crippen MR) is 63.7 cm³/mol. The van der Waals surface area contributed by atoms with Crippen molar-refractivity contribution in [1.82, 2.24) is 0 Å². The van der Waals surface area contributed by atoms with Crippen molar-refractivity contribution >= 4 is 5.97 Å². The van der Waals surface area contributed by atoms with Crippen molar-refractivity contribution in [1.29, 1.82) is 0 Å². The summed E-state index contributed by atoms with van der Waals surface area (Å²) in [7, 11) is 0. The number of carbonyl (C=O) groups is 1. The molecule has 1 N–H and O–H groups in total. The molecule has 0 radical (unpaired) electrons. The van der Waals surface area contributed by atoms with E-state index in [9.17, 15) is 9.90 Å². The van der Waals surface area contributed by atoms with E-state index in [1.54, 1.807) is 0 Å². The molecule has 1 aliphatic heterocycles. The summed E-state index contributed by atoms with van der Waals surface area (Å²) in [6.45, 7) is 0. The first kappa shape index (κ1) is 11.5. The van der Waals surface area contributed by atoms with Gasteiger partial charge in [0.15, 0.2) is 0 Å². The largest absolute Gasteiger partial charge is 0.481 e. The van der Waals surface area contributed by atoms with Crippen LogP contribution >= 0.6 is 0 Å². The molecule has 96 valence electrons. The van der Waals surface area contributed by atoms with Crippen LogP contribution in [0.1, 0.15) is 51.4 Å². The topological polar surface area (TPSA) is 49.8 Å². The standard InChI is InChI=1S/C14H22O3/c15-14(16)13(9-4-2-1-3-5-9)10-6-7-11-12(8-10)17-11/h9-13H,1-8H2,(H,15,16). The highest BCUT2D eigenvalue weighted by Gasteiger charge is 2.48. The molecule has 1 saturated heterocycles. The van der Waals surface area contributed by atoms with Crippen molar-refractivity contribution in [2.24, 2.45) is 17.8 Å². The van der Waals surface area contributed by atoms with Crippen molar-refractivity contribution in [2.45, 2.75) is 63.6 Å². The third kappa shape index (κ3) is 2.35. The Morgan fingerprint density at radius 2 is 1.76 bits per heavy atom. The van der Waals surface area contributed by atoms with Gasteiger partial charge in [-0.1, -0.05) is 19.3 Å². The summed E-state index contributed by atoms with van der Waals surface area (Å²) in [6, 6.07) is 0. The van der Waals surface area contributed by atoms with E-state index >= 15 is 0 Å². The summed E-state index contributed by atoms with van der Waals surface area (Å²) < 4.78 is 5.53. The van der Waals surface area contributed by atoms with Crippen LogP contribution in [-0.4, -0.2) is 23.3 Å². The summed E-state index contributed by atoms with van der Waals surface area (Å²) in [5.41, 5.74) is 0. The van der Waals surface area contributed by atoms with Crippen LogP contribution in [-0.2, 0) is 9.53 Å². The smallest absolute Gasteiger partial charge is 0.307 e. The Morgan fingerprint density at radius 1 is 1.00 bits per heavy atom. The Bertz CT molecular complexity index is 296. The lowest BCUT2D eigenvalue weighted by atomic mass is 9.70. The predicted octanol–water partition coefficient (Wildman–Crippen LogP) is 2.84. The SMILES string of the molecule is O=C(O)C(C1CCCCC1)C1CCC2OC2C1. The van der Waals surface area contributed by atoms with Crippen molar-refractivity contribution in [3.8, 4) is 0 Å². The summed E-state index contributed by atoms with van der Waals surface area (Å²) in [5.74, 6) is 0.155. The molecule has 3 nitrogen and oxygen atoms in total. The fourth-order valence-corrected chi connectivity index (χ4v) is 4.04. The van der Waals surface area contributed by atoms with Crippen LogP contribution in [0.15, 0.2) is 0 Å². The number of epoxide rings is 1. The number of hydrogen-bond acceptors (Lipinski definition) is 2. The molecule has 0 aromatic rings. The van der Waals surface area contributed by atoms with Crippen molar-refractivity contribution in [3.05, 3.63) is 0 Å². The van der Waals surface area contributed by atoms with Gasteiger partial charge in [-0.2, -0.15) is 0 Å². The molecule has 0 aromatic carbocycles. The molecule has 3 aliphatic rings. The molecule has 0 aromatic heterocycles. The summed E-state index contributed by atoms with van der Waals surface area (Å²) >= 11 is 0. The zero-order chi connectivity index (χ0) is 11.8. The van der Waals surface area contributed by atoms with Crippen LogP contribution in [0.2, 0.25) is 0 Å². The van der Waals surface area contributed by atoms with E-state index in [0.29, 0.717) is 24.0 Å². The maximum Gasteiger partial charge on any atom is 0.307 e. The van der Waals surface area contributed by atoms with Gasteiger partial charge in [-0.15, -0.1) is 0 Å². The van der Waals surface area contributed by atoms with Gasteiger partial charge in [0.2, 0.25) is 0 Å². The normalized spacial score (nSPS) is 39.4. The van der Waals surface area contributed by atoms with Gasteiger partial charge < -0.3 is 9.84 Å². The van der Waals surface area contributed by atoms with Gasteiger partial charge in [-0.25, -0.2) is 0 Å². The first-order valence-corrected chi connectivity index (χ1v) is 7.14. The second kappa shape index (κ2) is 4.60. The van der Waals surface area contributed by atoms with E-state index in [1.807, 2.05) is 0 Å². The van der Waals surface area contributed by atoms with Gasteiger partial charge >= 0.3 is 5.97 Å². The number of ether oxygens (including phenoxy) is 1. The van der Waals surface area contributed by atoms with Gasteiger partial charge in [0.25, 0.3) is 0 Å². The lowest BCUT2D eigenvalue weighted by Gasteiger charge is -2.34. The minimum atomic E-state index is -0.555. The van der Waals surface area contributed by atoms with Crippen molar-refractivity contribution < 1.29 is 14.6 Å². The van der Waals surface area contributed by atoms with Crippen LogP contribution in [0.4, 0.5) is 0 Å². The average molecular weight is 238 g/mol. The lowest BCUT2D eigenvalue weighted by Crippen LogP contribution is -2.34. The Balaban J connectivity index is 1.67. The zero-order valence-electron chi connectivity index (χ0n) is 10.3. The minimum Gasteiger partial charge on any atom is -0.481 e. The van der Waals surface area contributed by atoms with E-state index in [2.05, 4.69) is 0 Å². The van der Waals surface area contributed by atoms with Crippen molar-refractivity contribution in [2.75, 3.05) is 0 Å².